The van der Waals surface area contributed by atoms with Gasteiger partial charge in [-0.05, 0) is 24.3 Å². The predicted molar refractivity (Wildman–Crippen MR) is 101 cm³/mol. The Morgan fingerprint density at radius 3 is 3.04 bits per heavy atom. The van der Waals surface area contributed by atoms with Crippen molar-refractivity contribution >= 4 is 55.7 Å². The Morgan fingerprint density at radius 1 is 1.44 bits per heavy atom. The third kappa shape index (κ3) is 3.46. The van der Waals surface area contributed by atoms with Crippen LogP contribution in [-0.2, 0) is 10.5 Å². The Balaban J connectivity index is 1.49. The molecule has 7 nitrogen and oxygen atoms in total. The van der Waals surface area contributed by atoms with Crippen molar-refractivity contribution in [2.45, 2.75) is 42.3 Å². The number of fused-ring (bicyclic) bond motifs is 1. The van der Waals surface area contributed by atoms with Gasteiger partial charge in [0.2, 0.25) is 11.0 Å². The second-order valence-electron chi connectivity index (χ2n) is 5.64. The van der Waals surface area contributed by atoms with Gasteiger partial charge in [0.1, 0.15) is 10.5 Å². The molecule has 0 aliphatic heterocycles. The van der Waals surface area contributed by atoms with Gasteiger partial charge in [0.15, 0.2) is 4.34 Å². The first-order valence-corrected chi connectivity index (χ1v) is 10.6. The van der Waals surface area contributed by atoms with Crippen LogP contribution in [0.2, 0.25) is 0 Å². The number of thioether (sulfide) groups is 1. The number of aromatic amines is 1. The van der Waals surface area contributed by atoms with E-state index in [1.807, 2.05) is 18.4 Å². The summed E-state index contributed by atoms with van der Waals surface area (Å²) < 4.78 is 1.41. The molecule has 1 aliphatic rings. The molecule has 1 aliphatic carbocycles. The fraction of sp³-hybridized carbons (Fsp3) is 0.400. The first-order chi connectivity index (χ1) is 12.2. The van der Waals surface area contributed by atoms with Crippen LogP contribution in [0, 0.1) is 0 Å². The van der Waals surface area contributed by atoms with Crippen LogP contribution in [-0.4, -0.2) is 32.1 Å². The highest BCUT2D eigenvalue weighted by Crippen LogP contribution is 2.36. The van der Waals surface area contributed by atoms with Gasteiger partial charge in [0.05, 0.1) is 11.3 Å². The Hall–Kier alpha value is -1.78. The fourth-order valence-electron chi connectivity index (χ4n) is 2.45. The summed E-state index contributed by atoms with van der Waals surface area (Å²) in [7, 11) is 0. The summed E-state index contributed by atoms with van der Waals surface area (Å²) in [6.45, 7) is 1.86. The van der Waals surface area contributed by atoms with E-state index in [1.54, 1.807) is 4.90 Å². The Morgan fingerprint density at radius 2 is 2.28 bits per heavy atom. The third-order valence-electron chi connectivity index (χ3n) is 3.78. The average molecular weight is 394 g/mol. The van der Waals surface area contributed by atoms with Crippen molar-refractivity contribution in [1.82, 2.24) is 20.2 Å². The van der Waals surface area contributed by atoms with Crippen LogP contribution in [0.4, 0.5) is 5.13 Å². The van der Waals surface area contributed by atoms with Crippen LogP contribution < -0.4 is 10.5 Å². The van der Waals surface area contributed by atoms with Crippen LogP contribution in [0.1, 0.15) is 32.0 Å². The van der Waals surface area contributed by atoms with E-state index < -0.39 is 0 Å². The van der Waals surface area contributed by atoms with Gasteiger partial charge < -0.3 is 4.98 Å². The molecule has 25 heavy (non-hydrogen) atoms. The quantitative estimate of drug-likeness (QED) is 0.511. The van der Waals surface area contributed by atoms with Gasteiger partial charge in [0, 0.05) is 12.5 Å². The largest absolute Gasteiger partial charge is 0.309 e. The molecule has 3 heterocycles. The highest BCUT2D eigenvalue weighted by molar-refractivity contribution is 8.00. The maximum absolute atomic E-state index is 12.1. The summed E-state index contributed by atoms with van der Waals surface area (Å²) >= 11 is 4.26. The van der Waals surface area contributed by atoms with Gasteiger partial charge in [-0.1, -0.05) is 30.0 Å². The second kappa shape index (κ2) is 6.85. The molecule has 0 atom stereocenters. The van der Waals surface area contributed by atoms with E-state index in [0.29, 0.717) is 27.8 Å². The van der Waals surface area contributed by atoms with Crippen molar-refractivity contribution < 1.29 is 4.79 Å². The predicted octanol–water partition coefficient (Wildman–Crippen LogP) is 3.03. The summed E-state index contributed by atoms with van der Waals surface area (Å²) in [4.78, 5) is 33.2. The number of carbonyl (C=O) groups is 1. The van der Waals surface area contributed by atoms with Gasteiger partial charge in [-0.3, -0.25) is 14.5 Å². The van der Waals surface area contributed by atoms with Crippen molar-refractivity contribution in [1.29, 1.82) is 0 Å². The number of amides is 1. The molecule has 1 fully saturated rings. The molecule has 1 N–H and O–H groups in total. The van der Waals surface area contributed by atoms with E-state index in [-0.39, 0.29) is 17.5 Å². The van der Waals surface area contributed by atoms with Crippen molar-refractivity contribution in [3.05, 3.63) is 27.6 Å². The van der Waals surface area contributed by atoms with Crippen molar-refractivity contribution in [2.24, 2.45) is 0 Å². The SMILES string of the molecule is CCC(=O)N(c1nnc(SCc2nc3ccsc3c(=O)[nH]2)s1)C1CC1. The molecule has 130 valence electrons. The van der Waals surface area contributed by atoms with E-state index in [0.717, 1.165) is 22.7 Å². The number of hydrogen-bond acceptors (Lipinski definition) is 8. The first-order valence-electron chi connectivity index (χ1n) is 7.90. The lowest BCUT2D eigenvalue weighted by molar-refractivity contribution is -0.118. The monoisotopic (exact) mass is 393 g/mol. The summed E-state index contributed by atoms with van der Waals surface area (Å²) in [5, 5.41) is 10.9. The minimum absolute atomic E-state index is 0.0871. The lowest BCUT2D eigenvalue weighted by atomic mass is 10.4. The summed E-state index contributed by atoms with van der Waals surface area (Å²) in [5.41, 5.74) is 0.609. The molecule has 0 aromatic carbocycles. The molecule has 0 saturated heterocycles. The number of nitrogens with one attached hydrogen (secondary N) is 1. The Kier molecular flexibility index (Phi) is 4.57. The topological polar surface area (TPSA) is 91.8 Å². The number of H-pyrrole nitrogens is 1. The van der Waals surface area contributed by atoms with Gasteiger partial charge >= 0.3 is 0 Å². The number of aromatic nitrogens is 4. The molecule has 1 saturated carbocycles. The van der Waals surface area contributed by atoms with Gasteiger partial charge in [-0.15, -0.1) is 21.5 Å². The van der Waals surface area contributed by atoms with Crippen LogP contribution >= 0.6 is 34.4 Å². The zero-order valence-corrected chi connectivity index (χ0v) is 15.8. The van der Waals surface area contributed by atoms with E-state index in [4.69, 9.17) is 0 Å². The molecule has 4 rings (SSSR count). The number of hydrogen-bond donors (Lipinski definition) is 1. The fourth-order valence-corrected chi connectivity index (χ4v) is 4.97. The van der Waals surface area contributed by atoms with E-state index in [1.165, 1.54) is 34.4 Å². The van der Waals surface area contributed by atoms with Crippen LogP contribution in [0.5, 0.6) is 0 Å². The molecule has 0 bridgehead atoms. The maximum Gasteiger partial charge on any atom is 0.268 e. The van der Waals surface area contributed by atoms with Crippen molar-refractivity contribution in [2.75, 3.05) is 4.90 Å². The Labute approximate surface area is 155 Å². The Bertz CT molecular complexity index is 975. The molecular formula is C15H15N5O2S3. The number of anilines is 1. The molecule has 10 heteroatoms. The van der Waals surface area contributed by atoms with Crippen LogP contribution in [0.15, 0.2) is 20.6 Å². The molecule has 3 aromatic rings. The van der Waals surface area contributed by atoms with Crippen molar-refractivity contribution in [3.8, 4) is 0 Å². The zero-order chi connectivity index (χ0) is 17.4. The number of rotatable bonds is 6. The molecule has 0 unspecified atom stereocenters. The maximum atomic E-state index is 12.1. The number of thiophene rings is 1. The first kappa shape index (κ1) is 16.7. The molecule has 0 spiro atoms. The van der Waals surface area contributed by atoms with E-state index >= 15 is 0 Å². The highest BCUT2D eigenvalue weighted by Gasteiger charge is 2.35. The van der Waals surface area contributed by atoms with Gasteiger partial charge in [-0.2, -0.15) is 0 Å². The van der Waals surface area contributed by atoms with Crippen LogP contribution in [0.3, 0.4) is 0 Å². The number of carbonyl (C=O) groups excluding carboxylic acids is 1. The van der Waals surface area contributed by atoms with Crippen LogP contribution in [0.25, 0.3) is 10.2 Å². The molecule has 1 amide bonds. The van der Waals surface area contributed by atoms with Crippen molar-refractivity contribution in [3.63, 3.8) is 0 Å². The molecule has 3 aromatic heterocycles. The minimum Gasteiger partial charge on any atom is -0.309 e. The lowest BCUT2D eigenvalue weighted by Crippen LogP contribution is -2.32. The average Bonchev–Trinajstić information content (AvgIpc) is 3.12. The summed E-state index contributed by atoms with van der Waals surface area (Å²) in [6, 6.07) is 2.12. The number of nitrogens with zero attached hydrogens (tertiary/aromatic N) is 4. The highest BCUT2D eigenvalue weighted by atomic mass is 32.2. The molecular weight excluding hydrogens is 378 g/mol. The summed E-state index contributed by atoms with van der Waals surface area (Å²) in [5.74, 6) is 1.20. The normalized spacial score (nSPS) is 14.1. The van der Waals surface area contributed by atoms with Gasteiger partial charge in [-0.25, -0.2) is 4.98 Å². The van der Waals surface area contributed by atoms with Gasteiger partial charge in [0.25, 0.3) is 5.56 Å². The minimum atomic E-state index is -0.109. The second-order valence-corrected chi connectivity index (χ2v) is 8.73. The molecule has 0 radical (unpaired) electrons. The van der Waals surface area contributed by atoms with E-state index in [2.05, 4.69) is 20.2 Å². The zero-order valence-electron chi connectivity index (χ0n) is 13.4. The van der Waals surface area contributed by atoms with E-state index in [9.17, 15) is 9.59 Å². The lowest BCUT2D eigenvalue weighted by Gasteiger charge is -2.17. The standard InChI is InChI=1S/C15H15N5O2S3/c1-2-11(21)20(8-3-4-8)14-18-19-15(25-14)24-7-10-16-9-5-6-23-12(9)13(22)17-10/h5-6,8H,2-4,7H2,1H3,(H,16,17,22). The smallest absolute Gasteiger partial charge is 0.268 e. The summed E-state index contributed by atoms with van der Waals surface area (Å²) in [6.07, 6.45) is 2.52. The third-order valence-corrected chi connectivity index (χ3v) is 6.75.